The van der Waals surface area contributed by atoms with Crippen LogP contribution in [0.25, 0.3) is 0 Å². The Kier molecular flexibility index (Phi) is 5.85. The molecular weight excluding hydrogens is 216 g/mol. The number of hydrogen-bond acceptors (Lipinski definition) is 2. The van der Waals surface area contributed by atoms with Crippen molar-refractivity contribution in [2.45, 2.75) is 38.7 Å². The molecule has 4 nitrogen and oxygen atoms in total. The van der Waals surface area contributed by atoms with Gasteiger partial charge in [0.05, 0.1) is 6.10 Å². The highest BCUT2D eigenvalue weighted by Gasteiger charge is 2.26. The van der Waals surface area contributed by atoms with Crippen molar-refractivity contribution >= 4 is 6.03 Å². The Morgan fingerprint density at radius 2 is 2.35 bits per heavy atom. The summed E-state index contributed by atoms with van der Waals surface area (Å²) < 4.78 is 0. The summed E-state index contributed by atoms with van der Waals surface area (Å²) >= 11 is 0. The number of carbonyl (C=O) groups is 1. The molecule has 0 saturated carbocycles. The molecule has 96 valence electrons. The average Bonchev–Trinajstić information content (AvgIpc) is 2.32. The van der Waals surface area contributed by atoms with Gasteiger partial charge in [0.15, 0.2) is 0 Å². The van der Waals surface area contributed by atoms with Crippen LogP contribution in [0.15, 0.2) is 0 Å². The first-order valence-corrected chi connectivity index (χ1v) is 6.29. The van der Waals surface area contributed by atoms with E-state index in [0.717, 1.165) is 32.2 Å². The molecule has 1 heterocycles. The van der Waals surface area contributed by atoms with E-state index in [-0.39, 0.29) is 11.9 Å². The average molecular weight is 238 g/mol. The second-order valence-electron chi connectivity index (χ2n) is 4.67. The van der Waals surface area contributed by atoms with Crippen LogP contribution < -0.4 is 5.32 Å². The highest BCUT2D eigenvalue weighted by Crippen LogP contribution is 2.16. The lowest BCUT2D eigenvalue weighted by Gasteiger charge is -2.34. The van der Waals surface area contributed by atoms with Crippen LogP contribution >= 0.6 is 0 Å². The lowest BCUT2D eigenvalue weighted by molar-refractivity contribution is 0.0436. The molecule has 4 heteroatoms. The number of nitrogens with zero attached hydrogens (tertiary/aromatic N) is 1. The molecule has 17 heavy (non-hydrogen) atoms. The van der Waals surface area contributed by atoms with Crippen LogP contribution in [0.1, 0.15) is 32.6 Å². The summed E-state index contributed by atoms with van der Waals surface area (Å²) in [5, 5.41) is 12.5. The number of nitrogens with one attached hydrogen (secondary N) is 1. The number of hydrogen-bond donors (Lipinski definition) is 2. The fraction of sp³-hybridized carbons (Fsp3) is 0.769. The van der Waals surface area contributed by atoms with Gasteiger partial charge in [0, 0.05) is 26.1 Å². The standard InChI is InChI=1S/C13H22N2O2/c1-3-4-5-6-8-14-13(17)15-9-7-11(2)12(16)10-15/h1,11-12,16H,4-10H2,2H3,(H,14,17). The van der Waals surface area contributed by atoms with Crippen LogP contribution in [0, 0.1) is 18.3 Å². The van der Waals surface area contributed by atoms with Crippen LogP contribution in [0.5, 0.6) is 0 Å². The van der Waals surface area contributed by atoms with Crippen molar-refractivity contribution in [1.29, 1.82) is 0 Å². The molecule has 0 aliphatic carbocycles. The van der Waals surface area contributed by atoms with Gasteiger partial charge >= 0.3 is 6.03 Å². The molecule has 0 aromatic rings. The minimum atomic E-state index is -0.393. The summed E-state index contributed by atoms with van der Waals surface area (Å²) in [5.74, 6) is 2.86. The van der Waals surface area contributed by atoms with Crippen LogP contribution in [-0.2, 0) is 0 Å². The number of amides is 2. The van der Waals surface area contributed by atoms with E-state index in [0.29, 0.717) is 13.1 Å². The maximum Gasteiger partial charge on any atom is 0.317 e. The Balaban J connectivity index is 2.18. The lowest BCUT2D eigenvalue weighted by Crippen LogP contribution is -2.49. The number of piperidine rings is 1. The van der Waals surface area contributed by atoms with Crippen LogP contribution in [0.3, 0.4) is 0 Å². The first-order chi connectivity index (χ1) is 8.15. The molecule has 0 radical (unpaired) electrons. The highest BCUT2D eigenvalue weighted by atomic mass is 16.3. The molecule has 0 spiro atoms. The second kappa shape index (κ2) is 7.18. The van der Waals surface area contributed by atoms with E-state index in [9.17, 15) is 9.90 Å². The van der Waals surface area contributed by atoms with Crippen LogP contribution in [-0.4, -0.2) is 41.8 Å². The minimum Gasteiger partial charge on any atom is -0.391 e. The Labute approximate surface area is 103 Å². The number of β-amino-alcohol motifs (C(OH)–C–C–N with tert-alkyl or cyclic N) is 1. The van der Waals surface area contributed by atoms with E-state index in [1.54, 1.807) is 4.90 Å². The number of likely N-dealkylation sites (tertiary alicyclic amines) is 1. The number of terminal acetylenes is 1. The maximum atomic E-state index is 11.7. The van der Waals surface area contributed by atoms with Crippen molar-refractivity contribution in [2.75, 3.05) is 19.6 Å². The third kappa shape index (κ3) is 4.66. The Morgan fingerprint density at radius 1 is 1.59 bits per heavy atom. The van der Waals surface area contributed by atoms with Gasteiger partial charge in [-0.3, -0.25) is 0 Å². The normalized spacial score (nSPS) is 24.2. The fourth-order valence-corrected chi connectivity index (χ4v) is 1.89. The number of aliphatic hydroxyl groups excluding tert-OH is 1. The van der Waals surface area contributed by atoms with Gasteiger partial charge in [-0.15, -0.1) is 12.3 Å². The zero-order valence-corrected chi connectivity index (χ0v) is 10.5. The molecule has 2 unspecified atom stereocenters. The fourth-order valence-electron chi connectivity index (χ4n) is 1.89. The number of aliphatic hydroxyl groups is 1. The minimum absolute atomic E-state index is 0.0725. The van der Waals surface area contributed by atoms with E-state index in [1.807, 2.05) is 6.92 Å². The number of urea groups is 1. The number of unbranched alkanes of at least 4 members (excludes halogenated alkanes) is 2. The largest absolute Gasteiger partial charge is 0.391 e. The number of rotatable bonds is 4. The second-order valence-corrected chi connectivity index (χ2v) is 4.67. The SMILES string of the molecule is C#CCCCCNC(=O)N1CCC(C)C(O)C1. The van der Waals surface area contributed by atoms with Gasteiger partial charge in [-0.2, -0.15) is 0 Å². The van der Waals surface area contributed by atoms with Gasteiger partial charge in [-0.05, 0) is 25.2 Å². The van der Waals surface area contributed by atoms with Gasteiger partial charge < -0.3 is 15.3 Å². The molecule has 1 aliphatic rings. The molecule has 0 aromatic heterocycles. The van der Waals surface area contributed by atoms with E-state index in [4.69, 9.17) is 6.42 Å². The molecular formula is C13H22N2O2. The first kappa shape index (κ1) is 13.9. The van der Waals surface area contributed by atoms with Crippen LogP contribution in [0.2, 0.25) is 0 Å². The van der Waals surface area contributed by atoms with Crippen molar-refractivity contribution in [3.8, 4) is 12.3 Å². The Bertz CT molecular complexity index is 286. The Morgan fingerprint density at radius 3 is 3.00 bits per heavy atom. The van der Waals surface area contributed by atoms with Crippen molar-refractivity contribution < 1.29 is 9.90 Å². The van der Waals surface area contributed by atoms with E-state index >= 15 is 0 Å². The predicted octanol–water partition coefficient (Wildman–Crippen LogP) is 1.20. The molecule has 0 bridgehead atoms. The van der Waals surface area contributed by atoms with Gasteiger partial charge in [0.1, 0.15) is 0 Å². The van der Waals surface area contributed by atoms with E-state index in [2.05, 4.69) is 11.2 Å². The smallest absolute Gasteiger partial charge is 0.317 e. The van der Waals surface area contributed by atoms with Crippen molar-refractivity contribution in [2.24, 2.45) is 5.92 Å². The summed E-state index contributed by atoms with van der Waals surface area (Å²) in [7, 11) is 0. The van der Waals surface area contributed by atoms with Crippen molar-refractivity contribution in [1.82, 2.24) is 10.2 Å². The van der Waals surface area contributed by atoms with Crippen LogP contribution in [0.4, 0.5) is 4.79 Å². The summed E-state index contributed by atoms with van der Waals surface area (Å²) in [4.78, 5) is 13.4. The molecule has 1 fully saturated rings. The number of carbonyl (C=O) groups excluding carboxylic acids is 1. The summed E-state index contributed by atoms with van der Waals surface area (Å²) in [6, 6.07) is -0.0725. The van der Waals surface area contributed by atoms with E-state index < -0.39 is 6.10 Å². The predicted molar refractivity (Wildman–Crippen MR) is 67.4 cm³/mol. The Hall–Kier alpha value is -1.21. The maximum absolute atomic E-state index is 11.7. The van der Waals surface area contributed by atoms with Gasteiger partial charge in [-0.1, -0.05) is 6.92 Å². The molecule has 0 aromatic carbocycles. The monoisotopic (exact) mass is 238 g/mol. The summed E-state index contributed by atoms with van der Waals surface area (Å²) in [5.41, 5.74) is 0. The van der Waals surface area contributed by atoms with E-state index in [1.165, 1.54) is 0 Å². The zero-order valence-electron chi connectivity index (χ0n) is 10.5. The van der Waals surface area contributed by atoms with Gasteiger partial charge in [0.2, 0.25) is 0 Å². The highest BCUT2D eigenvalue weighted by molar-refractivity contribution is 5.74. The molecule has 2 N–H and O–H groups in total. The summed E-state index contributed by atoms with van der Waals surface area (Å²) in [6.07, 6.45) is 8.22. The molecule has 1 saturated heterocycles. The molecule has 2 atom stereocenters. The third-order valence-electron chi connectivity index (χ3n) is 3.23. The third-order valence-corrected chi connectivity index (χ3v) is 3.23. The molecule has 1 aliphatic heterocycles. The quantitative estimate of drug-likeness (QED) is 0.571. The topological polar surface area (TPSA) is 52.6 Å². The summed E-state index contributed by atoms with van der Waals surface area (Å²) in [6.45, 7) is 3.84. The van der Waals surface area contributed by atoms with Gasteiger partial charge in [0.25, 0.3) is 0 Å². The molecule has 1 rings (SSSR count). The van der Waals surface area contributed by atoms with Crippen molar-refractivity contribution in [3.05, 3.63) is 0 Å². The van der Waals surface area contributed by atoms with Crippen molar-refractivity contribution in [3.63, 3.8) is 0 Å². The molecule has 2 amide bonds. The lowest BCUT2D eigenvalue weighted by atomic mass is 9.96. The van der Waals surface area contributed by atoms with Gasteiger partial charge in [-0.25, -0.2) is 4.79 Å². The first-order valence-electron chi connectivity index (χ1n) is 6.29. The zero-order chi connectivity index (χ0) is 12.7.